The van der Waals surface area contributed by atoms with Crippen LogP contribution in [0.5, 0.6) is 11.5 Å². The molecule has 31 heavy (non-hydrogen) atoms. The first-order valence-corrected chi connectivity index (χ1v) is 9.71. The third kappa shape index (κ3) is 5.70. The van der Waals surface area contributed by atoms with Crippen LogP contribution in [0.4, 0.5) is 4.39 Å². The first-order valence-electron chi connectivity index (χ1n) is 8.58. The van der Waals surface area contributed by atoms with Gasteiger partial charge in [-0.2, -0.15) is 5.26 Å². The fraction of sp³-hybridized carbons (Fsp3) is 0.0476. The molecule has 0 radical (unpaired) electrons. The van der Waals surface area contributed by atoms with E-state index in [1.807, 2.05) is 6.07 Å². The zero-order valence-electron chi connectivity index (χ0n) is 15.5. The van der Waals surface area contributed by atoms with Crippen LogP contribution in [0, 0.1) is 28.0 Å². The summed E-state index contributed by atoms with van der Waals surface area (Å²) in [6.45, 7) is 0. The summed E-state index contributed by atoms with van der Waals surface area (Å²) in [6.07, 6.45) is 1.06. The molecule has 0 bridgehead atoms. The normalized spacial score (nSPS) is 10.3. The second-order valence-electron chi connectivity index (χ2n) is 6.14. The van der Waals surface area contributed by atoms with E-state index in [1.165, 1.54) is 48.7 Å². The van der Waals surface area contributed by atoms with Gasteiger partial charge in [0.05, 0.1) is 28.6 Å². The zero-order chi connectivity index (χ0) is 22.5. The molecule has 0 aliphatic rings. The van der Waals surface area contributed by atoms with Gasteiger partial charge in [-0.05, 0) is 36.4 Å². The van der Waals surface area contributed by atoms with Gasteiger partial charge in [-0.25, -0.2) is 9.37 Å². The number of nitriles is 1. The van der Waals surface area contributed by atoms with Crippen molar-refractivity contribution < 1.29 is 13.9 Å². The Hall–Kier alpha value is -3.18. The maximum atomic E-state index is 15.0. The number of nitrogens with zero attached hydrogens (tertiary/aromatic N) is 2. The van der Waals surface area contributed by atoms with Gasteiger partial charge < -0.3 is 9.47 Å². The van der Waals surface area contributed by atoms with Crippen molar-refractivity contribution in [1.29, 1.82) is 16.1 Å². The molecule has 0 amide bonds. The van der Waals surface area contributed by atoms with E-state index in [1.54, 1.807) is 0 Å². The van der Waals surface area contributed by atoms with Crippen molar-refractivity contribution in [3.05, 3.63) is 86.4 Å². The van der Waals surface area contributed by atoms with Crippen molar-refractivity contribution in [3.8, 4) is 17.6 Å². The van der Waals surface area contributed by atoms with E-state index in [0.717, 1.165) is 0 Å². The van der Waals surface area contributed by atoms with Gasteiger partial charge in [-0.15, -0.1) is 0 Å². The molecule has 10 heteroatoms. The lowest BCUT2D eigenvalue weighted by Crippen LogP contribution is -2.15. The van der Waals surface area contributed by atoms with Crippen LogP contribution >= 0.6 is 34.8 Å². The summed E-state index contributed by atoms with van der Waals surface area (Å²) in [4.78, 5) is 3.84. The fourth-order valence-corrected chi connectivity index (χ4v) is 3.03. The predicted octanol–water partition coefficient (Wildman–Crippen LogP) is 6.41. The van der Waals surface area contributed by atoms with Gasteiger partial charge in [0.2, 0.25) is 5.90 Å². The van der Waals surface area contributed by atoms with E-state index in [0.29, 0.717) is 5.56 Å². The predicted molar refractivity (Wildman–Crippen MR) is 116 cm³/mol. The highest BCUT2D eigenvalue weighted by Crippen LogP contribution is 2.35. The van der Waals surface area contributed by atoms with Crippen molar-refractivity contribution in [1.82, 2.24) is 4.98 Å². The topological polar surface area (TPSA) is 103 Å². The number of benzene rings is 2. The number of nitrogens with one attached hydrogen (secondary N) is 2. The number of hydrogen-bond donors (Lipinski definition) is 2. The molecule has 3 aromatic rings. The average molecular weight is 478 g/mol. The van der Waals surface area contributed by atoms with Crippen LogP contribution in [0.15, 0.2) is 48.7 Å². The Morgan fingerprint density at radius 3 is 2.55 bits per heavy atom. The highest BCUT2D eigenvalue weighted by molar-refractivity contribution is 6.32. The van der Waals surface area contributed by atoms with Crippen molar-refractivity contribution in [2.24, 2.45) is 0 Å². The van der Waals surface area contributed by atoms with Gasteiger partial charge in [0.25, 0.3) is 0 Å². The second-order valence-corrected chi connectivity index (χ2v) is 7.37. The van der Waals surface area contributed by atoms with Crippen LogP contribution < -0.4 is 4.74 Å². The van der Waals surface area contributed by atoms with Crippen LogP contribution in [0.2, 0.25) is 15.2 Å². The molecule has 2 aromatic carbocycles. The molecule has 0 aliphatic carbocycles. The summed E-state index contributed by atoms with van der Waals surface area (Å²) in [7, 11) is 0. The molecule has 0 fully saturated rings. The highest BCUT2D eigenvalue weighted by atomic mass is 35.5. The molecule has 1 heterocycles. The number of halogens is 4. The third-order valence-electron chi connectivity index (χ3n) is 3.92. The van der Waals surface area contributed by atoms with E-state index in [2.05, 4.69) is 4.98 Å². The Morgan fingerprint density at radius 1 is 1.10 bits per heavy atom. The number of ether oxygens (including phenoxy) is 2. The Labute approximate surface area is 191 Å². The van der Waals surface area contributed by atoms with E-state index in [-0.39, 0.29) is 56.0 Å². The van der Waals surface area contributed by atoms with Gasteiger partial charge in [-0.3, -0.25) is 10.8 Å². The largest absolute Gasteiger partial charge is 0.453 e. The zero-order valence-corrected chi connectivity index (χ0v) is 17.8. The van der Waals surface area contributed by atoms with Crippen LogP contribution in [0.25, 0.3) is 0 Å². The Morgan fingerprint density at radius 2 is 1.87 bits per heavy atom. The molecule has 0 saturated heterocycles. The maximum Gasteiger partial charge on any atom is 0.222 e. The fourth-order valence-electron chi connectivity index (χ4n) is 2.51. The summed E-state index contributed by atoms with van der Waals surface area (Å²) in [5.41, 5.74) is 0.610. The molecular formula is C21H12Cl3FN4O2. The van der Waals surface area contributed by atoms with Crippen LogP contribution in [-0.2, 0) is 11.2 Å². The van der Waals surface area contributed by atoms with Gasteiger partial charge in [0, 0.05) is 16.8 Å². The molecule has 0 atom stereocenters. The van der Waals surface area contributed by atoms with Gasteiger partial charge in [0.1, 0.15) is 10.9 Å². The van der Waals surface area contributed by atoms with Crippen molar-refractivity contribution in [2.75, 3.05) is 0 Å². The maximum absolute atomic E-state index is 15.0. The SMILES string of the molecule is N#Cc1cc(Cl)cc(Oc2c(Cl)ccc(CC(=N)OC(=N)c3ccc(Cl)nc3)c2F)c1. The standard InChI is InChI=1S/C21H12Cl3FN4O2/c22-14-5-11(9-26)6-15(8-14)30-20-16(23)3-1-12(19(20)25)7-18(27)31-21(28)13-2-4-17(24)29-10-13/h1-6,8,10,27-28H,7H2. The number of pyridine rings is 1. The van der Waals surface area contributed by atoms with E-state index < -0.39 is 5.82 Å². The van der Waals surface area contributed by atoms with Crippen molar-refractivity contribution >= 4 is 46.6 Å². The minimum absolute atomic E-state index is 0.00726. The number of aromatic nitrogens is 1. The Kier molecular flexibility index (Phi) is 7.08. The average Bonchev–Trinajstić information content (AvgIpc) is 2.73. The molecule has 6 nitrogen and oxygen atoms in total. The minimum Gasteiger partial charge on any atom is -0.453 e. The van der Waals surface area contributed by atoms with Crippen LogP contribution in [-0.4, -0.2) is 16.8 Å². The summed E-state index contributed by atoms with van der Waals surface area (Å²) >= 11 is 17.7. The van der Waals surface area contributed by atoms with E-state index in [4.69, 9.17) is 60.4 Å². The first kappa shape index (κ1) is 22.5. The van der Waals surface area contributed by atoms with Crippen molar-refractivity contribution in [3.63, 3.8) is 0 Å². The summed E-state index contributed by atoms with van der Waals surface area (Å²) in [5.74, 6) is -1.66. The first-order chi connectivity index (χ1) is 14.8. The molecule has 156 valence electrons. The smallest absolute Gasteiger partial charge is 0.222 e. The molecule has 1 aromatic heterocycles. The van der Waals surface area contributed by atoms with Gasteiger partial charge in [-0.1, -0.05) is 40.9 Å². The lowest BCUT2D eigenvalue weighted by atomic mass is 10.1. The quantitative estimate of drug-likeness (QED) is 0.252. The minimum atomic E-state index is -0.806. The molecular weight excluding hydrogens is 466 g/mol. The van der Waals surface area contributed by atoms with Gasteiger partial charge >= 0.3 is 0 Å². The lowest BCUT2D eigenvalue weighted by molar-refractivity contribution is 0.438. The molecule has 2 N–H and O–H groups in total. The van der Waals surface area contributed by atoms with E-state index >= 15 is 4.39 Å². The van der Waals surface area contributed by atoms with Gasteiger partial charge in [0.15, 0.2) is 17.5 Å². The molecule has 0 saturated carbocycles. The van der Waals surface area contributed by atoms with E-state index in [9.17, 15) is 0 Å². The molecule has 0 spiro atoms. The van der Waals surface area contributed by atoms with Crippen molar-refractivity contribution in [2.45, 2.75) is 6.42 Å². The number of rotatable bonds is 5. The summed E-state index contributed by atoms with van der Waals surface area (Å²) < 4.78 is 25.7. The lowest BCUT2D eigenvalue weighted by Gasteiger charge is -2.13. The monoisotopic (exact) mass is 476 g/mol. The Bertz CT molecular complexity index is 1210. The Balaban J connectivity index is 1.78. The number of hydrogen-bond acceptors (Lipinski definition) is 6. The highest BCUT2D eigenvalue weighted by Gasteiger charge is 2.18. The molecule has 0 unspecified atom stereocenters. The molecule has 0 aliphatic heterocycles. The third-order valence-corrected chi connectivity index (χ3v) is 4.65. The summed E-state index contributed by atoms with van der Waals surface area (Å²) in [6, 6.07) is 12.0. The van der Waals surface area contributed by atoms with Crippen LogP contribution in [0.1, 0.15) is 16.7 Å². The van der Waals surface area contributed by atoms with Crippen LogP contribution in [0.3, 0.4) is 0 Å². The second kappa shape index (κ2) is 9.75. The summed E-state index contributed by atoms with van der Waals surface area (Å²) in [5, 5.41) is 25.4. The molecule has 3 rings (SSSR count).